The van der Waals surface area contributed by atoms with E-state index in [9.17, 15) is 0 Å². The van der Waals surface area contributed by atoms with Crippen molar-refractivity contribution in [1.29, 1.82) is 0 Å². The molecule has 0 amide bonds. The molecule has 2 rings (SSSR count). The first-order valence-corrected chi connectivity index (χ1v) is 7.63. The maximum Gasteiger partial charge on any atom is 0.0171 e. The lowest BCUT2D eigenvalue weighted by Crippen LogP contribution is -2.40. The minimum Gasteiger partial charge on any atom is -0.310 e. The Labute approximate surface area is 98.8 Å². The Bertz CT molecular complexity index is 207. The van der Waals surface area contributed by atoms with Crippen molar-refractivity contribution in [3.8, 4) is 0 Å². The van der Waals surface area contributed by atoms with Gasteiger partial charge >= 0.3 is 0 Å². The van der Waals surface area contributed by atoms with Crippen LogP contribution in [0.15, 0.2) is 0 Å². The average Bonchev–Trinajstić information content (AvgIpc) is 2.76. The van der Waals surface area contributed by atoms with Crippen molar-refractivity contribution < 1.29 is 0 Å². The highest BCUT2D eigenvalue weighted by atomic mass is 32.2. The summed E-state index contributed by atoms with van der Waals surface area (Å²) < 4.78 is 0. The van der Waals surface area contributed by atoms with Crippen LogP contribution < -0.4 is 5.32 Å². The molecule has 0 bridgehead atoms. The first-order chi connectivity index (χ1) is 7.20. The second-order valence-corrected chi connectivity index (χ2v) is 6.93. The second-order valence-electron chi connectivity index (χ2n) is 5.45. The molecule has 88 valence electrons. The summed E-state index contributed by atoms with van der Waals surface area (Å²) in [7, 11) is 0. The van der Waals surface area contributed by atoms with Gasteiger partial charge in [-0.15, -0.1) is 0 Å². The van der Waals surface area contributed by atoms with E-state index < -0.39 is 0 Å². The molecule has 1 nitrogen and oxygen atoms in total. The molecule has 1 heterocycles. The first kappa shape index (κ1) is 11.8. The molecule has 2 heteroatoms. The highest BCUT2D eigenvalue weighted by molar-refractivity contribution is 8.00. The summed E-state index contributed by atoms with van der Waals surface area (Å²) in [6, 6.07) is 1.61. The van der Waals surface area contributed by atoms with Gasteiger partial charge in [0.2, 0.25) is 0 Å². The fourth-order valence-electron chi connectivity index (χ4n) is 3.30. The normalized spacial score (nSPS) is 46.2. The summed E-state index contributed by atoms with van der Waals surface area (Å²) in [5.74, 6) is 3.21. The summed E-state index contributed by atoms with van der Waals surface area (Å²) in [5.41, 5.74) is 0. The lowest BCUT2D eigenvalue weighted by Gasteiger charge is -2.24. The van der Waals surface area contributed by atoms with Gasteiger partial charge in [0.1, 0.15) is 0 Å². The maximum atomic E-state index is 3.90. The van der Waals surface area contributed by atoms with E-state index in [1.165, 1.54) is 31.4 Å². The highest BCUT2D eigenvalue weighted by Crippen LogP contribution is 2.35. The van der Waals surface area contributed by atoms with Crippen molar-refractivity contribution in [2.24, 2.45) is 11.8 Å². The molecule has 2 fully saturated rings. The minimum absolute atomic E-state index is 0.799. The summed E-state index contributed by atoms with van der Waals surface area (Å²) in [6.45, 7) is 7.15. The third-order valence-corrected chi connectivity index (χ3v) is 5.76. The second kappa shape index (κ2) is 5.09. The Morgan fingerprint density at radius 3 is 2.60 bits per heavy atom. The van der Waals surface area contributed by atoms with Crippen LogP contribution in [-0.4, -0.2) is 23.1 Å². The van der Waals surface area contributed by atoms with Crippen molar-refractivity contribution in [3.63, 3.8) is 0 Å². The molecule has 0 aromatic rings. The Kier molecular flexibility index (Phi) is 4.00. The fraction of sp³-hybridized carbons (Fsp3) is 1.00. The summed E-state index contributed by atoms with van der Waals surface area (Å²) in [5, 5.41) is 4.78. The fourth-order valence-corrected chi connectivity index (χ4v) is 4.46. The van der Waals surface area contributed by atoms with Gasteiger partial charge in [-0.2, -0.15) is 11.8 Å². The van der Waals surface area contributed by atoms with Gasteiger partial charge in [-0.3, -0.25) is 0 Å². The van der Waals surface area contributed by atoms with Gasteiger partial charge in [0, 0.05) is 23.1 Å². The molecule has 1 aliphatic carbocycles. The van der Waals surface area contributed by atoms with Crippen LogP contribution in [0.25, 0.3) is 0 Å². The topological polar surface area (TPSA) is 12.0 Å². The van der Waals surface area contributed by atoms with Crippen molar-refractivity contribution in [1.82, 2.24) is 5.32 Å². The van der Waals surface area contributed by atoms with E-state index in [4.69, 9.17) is 0 Å². The zero-order valence-corrected chi connectivity index (χ0v) is 11.1. The zero-order chi connectivity index (χ0) is 10.8. The molecule has 1 N–H and O–H groups in total. The van der Waals surface area contributed by atoms with E-state index in [0.717, 1.165) is 29.2 Å². The monoisotopic (exact) mass is 227 g/mol. The van der Waals surface area contributed by atoms with Crippen LogP contribution in [0.2, 0.25) is 0 Å². The molecule has 0 aromatic heterocycles. The van der Waals surface area contributed by atoms with Crippen LogP contribution >= 0.6 is 11.8 Å². The zero-order valence-electron chi connectivity index (χ0n) is 10.3. The van der Waals surface area contributed by atoms with Crippen LogP contribution in [0, 0.1) is 11.8 Å². The molecule has 15 heavy (non-hydrogen) atoms. The third-order valence-electron chi connectivity index (χ3n) is 4.40. The van der Waals surface area contributed by atoms with Crippen molar-refractivity contribution in [2.75, 3.05) is 5.75 Å². The van der Waals surface area contributed by atoms with E-state index in [-0.39, 0.29) is 0 Å². The first-order valence-electron chi connectivity index (χ1n) is 6.58. The van der Waals surface area contributed by atoms with Crippen molar-refractivity contribution >= 4 is 11.8 Å². The Balaban J connectivity index is 1.80. The summed E-state index contributed by atoms with van der Waals surface area (Å²) >= 11 is 2.13. The number of nitrogens with one attached hydrogen (secondary N) is 1. The van der Waals surface area contributed by atoms with Crippen LogP contribution in [0.5, 0.6) is 0 Å². The van der Waals surface area contributed by atoms with E-state index in [1.54, 1.807) is 0 Å². The smallest absolute Gasteiger partial charge is 0.0171 e. The Morgan fingerprint density at radius 1 is 1.27 bits per heavy atom. The third kappa shape index (κ3) is 2.71. The van der Waals surface area contributed by atoms with Crippen molar-refractivity contribution in [2.45, 2.75) is 63.8 Å². The molecule has 0 aromatic carbocycles. The van der Waals surface area contributed by atoms with Gasteiger partial charge in [-0.25, -0.2) is 0 Å². The largest absolute Gasteiger partial charge is 0.310 e. The molecular weight excluding hydrogens is 202 g/mol. The molecule has 0 radical (unpaired) electrons. The molecule has 1 saturated heterocycles. The van der Waals surface area contributed by atoms with Crippen molar-refractivity contribution in [3.05, 3.63) is 0 Å². The minimum atomic E-state index is 0.799. The average molecular weight is 227 g/mol. The highest BCUT2D eigenvalue weighted by Gasteiger charge is 2.34. The molecule has 5 atom stereocenters. The number of rotatable bonds is 3. The van der Waals surface area contributed by atoms with Gasteiger partial charge < -0.3 is 5.32 Å². The number of thioether (sulfide) groups is 1. The maximum absolute atomic E-state index is 3.90. The predicted molar refractivity (Wildman–Crippen MR) is 69.4 cm³/mol. The van der Waals surface area contributed by atoms with Crippen LogP contribution in [0.3, 0.4) is 0 Å². The molecular formula is C13H25NS. The number of hydrogen-bond acceptors (Lipinski definition) is 2. The molecule has 1 aliphatic heterocycles. The quantitative estimate of drug-likeness (QED) is 0.794. The van der Waals surface area contributed by atoms with E-state index in [0.29, 0.717) is 0 Å². The van der Waals surface area contributed by atoms with Crippen LogP contribution in [0.1, 0.15) is 46.5 Å². The van der Waals surface area contributed by atoms with Crippen LogP contribution in [0.4, 0.5) is 0 Å². The standard InChI is InChI=1S/C13H25NS/c1-4-11-5-6-13(10(11)3)14-12-7-9(2)15-8-12/h9-14H,4-8H2,1-3H3. The molecule has 2 aliphatic rings. The van der Waals surface area contributed by atoms with Gasteiger partial charge in [-0.1, -0.05) is 27.2 Å². The Hall–Kier alpha value is 0.310. The van der Waals surface area contributed by atoms with Gasteiger partial charge in [0.25, 0.3) is 0 Å². The van der Waals surface area contributed by atoms with Gasteiger partial charge in [0.15, 0.2) is 0 Å². The number of hydrogen-bond donors (Lipinski definition) is 1. The van der Waals surface area contributed by atoms with E-state index in [2.05, 4.69) is 37.8 Å². The van der Waals surface area contributed by atoms with Gasteiger partial charge in [-0.05, 0) is 31.1 Å². The molecule has 5 unspecified atom stereocenters. The Morgan fingerprint density at radius 2 is 2.07 bits per heavy atom. The van der Waals surface area contributed by atoms with E-state index >= 15 is 0 Å². The molecule has 1 saturated carbocycles. The lowest BCUT2D eigenvalue weighted by molar-refractivity contribution is 0.325. The van der Waals surface area contributed by atoms with Gasteiger partial charge in [0.05, 0.1) is 0 Å². The predicted octanol–water partition coefficient (Wildman–Crippen LogP) is 3.29. The lowest BCUT2D eigenvalue weighted by atomic mass is 9.93. The summed E-state index contributed by atoms with van der Waals surface area (Å²) in [4.78, 5) is 0. The van der Waals surface area contributed by atoms with E-state index in [1.807, 2.05) is 0 Å². The summed E-state index contributed by atoms with van der Waals surface area (Å²) in [6.07, 6.45) is 5.61. The molecule has 0 spiro atoms. The SMILES string of the molecule is CCC1CCC(NC2CSC(C)C2)C1C. The van der Waals surface area contributed by atoms with Crippen LogP contribution in [-0.2, 0) is 0 Å².